The van der Waals surface area contributed by atoms with E-state index in [-0.39, 0.29) is 13.2 Å². The third-order valence-electron chi connectivity index (χ3n) is 1.53. The molecule has 0 spiro atoms. The fraction of sp³-hybridized carbons (Fsp3) is 0.333. The lowest BCUT2D eigenvalue weighted by molar-refractivity contribution is 0.206. The molecule has 78 valence electrons. The first kappa shape index (κ1) is 11.6. The molecule has 1 aromatic carbocycles. The van der Waals surface area contributed by atoms with Crippen LogP contribution in [0.15, 0.2) is 18.2 Å². The molecule has 1 aromatic rings. The number of aliphatic hydroxyl groups excluding tert-OH is 1. The van der Waals surface area contributed by atoms with Crippen LogP contribution < -0.4 is 10.5 Å². The summed E-state index contributed by atoms with van der Waals surface area (Å²) in [6.45, 7) is 0.113. The molecule has 0 fully saturated rings. The van der Waals surface area contributed by atoms with Crippen LogP contribution in [0.5, 0.6) is 5.75 Å². The smallest absolute Gasteiger partial charge is 0.122 e. The first-order chi connectivity index (χ1) is 6.61. The largest absolute Gasteiger partial charge is 0.492 e. The van der Waals surface area contributed by atoms with Gasteiger partial charge < -0.3 is 15.6 Å². The van der Waals surface area contributed by atoms with E-state index in [2.05, 4.69) is 0 Å². The van der Waals surface area contributed by atoms with Gasteiger partial charge in [-0.25, -0.2) is 0 Å². The van der Waals surface area contributed by atoms with E-state index in [0.717, 1.165) is 0 Å². The average molecular weight is 236 g/mol. The monoisotopic (exact) mass is 235 g/mol. The molecule has 5 heteroatoms. The van der Waals surface area contributed by atoms with Crippen LogP contribution >= 0.6 is 23.2 Å². The van der Waals surface area contributed by atoms with E-state index in [1.165, 1.54) is 0 Å². The second kappa shape index (κ2) is 5.41. The zero-order valence-electron chi connectivity index (χ0n) is 7.41. The topological polar surface area (TPSA) is 55.5 Å². The lowest BCUT2D eigenvalue weighted by Crippen LogP contribution is -2.31. The van der Waals surface area contributed by atoms with Gasteiger partial charge in [-0.1, -0.05) is 23.2 Å². The Hall–Kier alpha value is -0.480. The Morgan fingerprint density at radius 3 is 2.36 bits per heavy atom. The summed E-state index contributed by atoms with van der Waals surface area (Å²) in [6.07, 6.45) is 0. The van der Waals surface area contributed by atoms with Gasteiger partial charge in [0.05, 0.1) is 12.6 Å². The predicted molar refractivity (Wildman–Crippen MR) is 57.0 cm³/mol. The minimum Gasteiger partial charge on any atom is -0.492 e. The first-order valence-corrected chi connectivity index (χ1v) is 4.82. The van der Waals surface area contributed by atoms with Crippen LogP contribution in [0, 0.1) is 0 Å². The van der Waals surface area contributed by atoms with Crippen LogP contribution in [0.25, 0.3) is 0 Å². The van der Waals surface area contributed by atoms with Crippen LogP contribution in [-0.2, 0) is 0 Å². The standard InChI is InChI=1S/C9H11Cl2NO2/c10-6-1-7(11)3-9(2-6)14-5-8(12)4-13/h1-3,8,13H,4-5,12H2. The van der Waals surface area contributed by atoms with Crippen molar-refractivity contribution in [2.24, 2.45) is 5.73 Å². The molecule has 0 aliphatic rings. The molecule has 0 aliphatic carbocycles. The number of rotatable bonds is 4. The number of ether oxygens (including phenoxy) is 1. The molecular weight excluding hydrogens is 225 g/mol. The number of benzene rings is 1. The van der Waals surface area contributed by atoms with E-state index in [1.54, 1.807) is 18.2 Å². The van der Waals surface area contributed by atoms with Crippen LogP contribution in [0.2, 0.25) is 10.0 Å². The molecule has 0 saturated carbocycles. The summed E-state index contributed by atoms with van der Waals surface area (Å²) in [5.41, 5.74) is 5.46. The molecule has 0 radical (unpaired) electrons. The summed E-state index contributed by atoms with van der Waals surface area (Å²) < 4.78 is 5.27. The van der Waals surface area contributed by atoms with E-state index in [4.69, 9.17) is 38.8 Å². The second-order valence-electron chi connectivity index (χ2n) is 2.86. The summed E-state index contributed by atoms with van der Waals surface area (Å²) in [7, 11) is 0. The van der Waals surface area contributed by atoms with Gasteiger partial charge >= 0.3 is 0 Å². The van der Waals surface area contributed by atoms with Crippen molar-refractivity contribution in [3.8, 4) is 5.75 Å². The van der Waals surface area contributed by atoms with Crippen LogP contribution in [0.4, 0.5) is 0 Å². The average Bonchev–Trinajstić information content (AvgIpc) is 2.12. The SMILES string of the molecule is NC(CO)COc1cc(Cl)cc(Cl)c1. The predicted octanol–water partition coefficient (Wildman–Crippen LogP) is 1.69. The molecule has 1 atom stereocenters. The first-order valence-electron chi connectivity index (χ1n) is 4.07. The van der Waals surface area contributed by atoms with Crippen molar-refractivity contribution in [3.63, 3.8) is 0 Å². The molecule has 1 unspecified atom stereocenters. The van der Waals surface area contributed by atoms with Crippen molar-refractivity contribution < 1.29 is 9.84 Å². The molecule has 0 aromatic heterocycles. The fourth-order valence-electron chi connectivity index (χ4n) is 0.868. The van der Waals surface area contributed by atoms with E-state index < -0.39 is 6.04 Å². The Kier molecular flexibility index (Phi) is 4.48. The highest BCUT2D eigenvalue weighted by atomic mass is 35.5. The van der Waals surface area contributed by atoms with Crippen molar-refractivity contribution in [2.75, 3.05) is 13.2 Å². The second-order valence-corrected chi connectivity index (χ2v) is 3.73. The minimum atomic E-state index is -0.396. The van der Waals surface area contributed by atoms with Crippen LogP contribution in [-0.4, -0.2) is 24.4 Å². The third-order valence-corrected chi connectivity index (χ3v) is 1.97. The van der Waals surface area contributed by atoms with Gasteiger partial charge in [0.25, 0.3) is 0 Å². The Morgan fingerprint density at radius 2 is 1.86 bits per heavy atom. The van der Waals surface area contributed by atoms with Gasteiger partial charge in [0, 0.05) is 10.0 Å². The highest BCUT2D eigenvalue weighted by Crippen LogP contribution is 2.24. The third kappa shape index (κ3) is 3.72. The van der Waals surface area contributed by atoms with Crippen LogP contribution in [0.1, 0.15) is 0 Å². The van der Waals surface area contributed by atoms with E-state index in [0.29, 0.717) is 15.8 Å². The lowest BCUT2D eigenvalue weighted by Gasteiger charge is -2.10. The van der Waals surface area contributed by atoms with Crippen molar-refractivity contribution in [1.82, 2.24) is 0 Å². The number of halogens is 2. The molecule has 1 rings (SSSR count). The molecule has 3 N–H and O–H groups in total. The molecule has 0 aliphatic heterocycles. The molecule has 0 saturated heterocycles. The Labute approximate surface area is 92.4 Å². The number of nitrogens with two attached hydrogens (primary N) is 1. The van der Waals surface area contributed by atoms with Crippen molar-refractivity contribution in [1.29, 1.82) is 0 Å². The number of hydrogen-bond donors (Lipinski definition) is 2. The number of hydrogen-bond acceptors (Lipinski definition) is 3. The Bertz CT molecular complexity index is 287. The highest BCUT2D eigenvalue weighted by Gasteiger charge is 2.03. The van der Waals surface area contributed by atoms with Gasteiger partial charge in [0.2, 0.25) is 0 Å². The maximum Gasteiger partial charge on any atom is 0.122 e. The van der Waals surface area contributed by atoms with E-state index in [1.807, 2.05) is 0 Å². The molecule has 0 bridgehead atoms. The molecule has 0 heterocycles. The summed E-state index contributed by atoms with van der Waals surface area (Å²) in [6, 6.07) is 4.49. The number of aliphatic hydroxyl groups is 1. The summed E-state index contributed by atoms with van der Waals surface area (Å²) in [5, 5.41) is 9.67. The van der Waals surface area contributed by atoms with E-state index in [9.17, 15) is 0 Å². The van der Waals surface area contributed by atoms with Crippen LogP contribution in [0.3, 0.4) is 0 Å². The van der Waals surface area contributed by atoms with Gasteiger partial charge in [-0.15, -0.1) is 0 Å². The fourth-order valence-corrected chi connectivity index (χ4v) is 1.37. The summed E-state index contributed by atoms with van der Waals surface area (Å²) >= 11 is 11.5. The molecular formula is C9H11Cl2NO2. The Morgan fingerprint density at radius 1 is 1.29 bits per heavy atom. The Balaban J connectivity index is 2.58. The van der Waals surface area contributed by atoms with E-state index >= 15 is 0 Å². The van der Waals surface area contributed by atoms with Gasteiger partial charge in [-0.05, 0) is 18.2 Å². The normalized spacial score (nSPS) is 12.6. The summed E-state index contributed by atoms with van der Waals surface area (Å²) in [5.74, 6) is 0.548. The maximum atomic E-state index is 8.66. The zero-order valence-corrected chi connectivity index (χ0v) is 8.92. The highest BCUT2D eigenvalue weighted by molar-refractivity contribution is 6.34. The van der Waals surface area contributed by atoms with Gasteiger partial charge in [-0.3, -0.25) is 0 Å². The molecule has 14 heavy (non-hydrogen) atoms. The minimum absolute atomic E-state index is 0.117. The molecule has 0 amide bonds. The van der Waals surface area contributed by atoms with Gasteiger partial charge in [0.15, 0.2) is 0 Å². The van der Waals surface area contributed by atoms with Crippen molar-refractivity contribution >= 4 is 23.2 Å². The van der Waals surface area contributed by atoms with Gasteiger partial charge in [-0.2, -0.15) is 0 Å². The van der Waals surface area contributed by atoms with Crippen molar-refractivity contribution in [3.05, 3.63) is 28.2 Å². The molecule has 3 nitrogen and oxygen atoms in total. The quantitative estimate of drug-likeness (QED) is 0.836. The maximum absolute atomic E-state index is 8.66. The lowest BCUT2D eigenvalue weighted by atomic mass is 10.3. The van der Waals surface area contributed by atoms with Crippen molar-refractivity contribution in [2.45, 2.75) is 6.04 Å². The zero-order chi connectivity index (χ0) is 10.6. The summed E-state index contributed by atoms with van der Waals surface area (Å²) in [4.78, 5) is 0. The van der Waals surface area contributed by atoms with Gasteiger partial charge in [0.1, 0.15) is 12.4 Å².